The summed E-state index contributed by atoms with van der Waals surface area (Å²) in [6.07, 6.45) is 3.47. The third-order valence-corrected chi connectivity index (χ3v) is 2.95. The first-order chi connectivity index (χ1) is 9.75. The van der Waals surface area contributed by atoms with Crippen molar-refractivity contribution in [1.82, 2.24) is 15.7 Å². The van der Waals surface area contributed by atoms with Crippen molar-refractivity contribution in [2.24, 2.45) is 5.10 Å². The monoisotopic (exact) mass is 284 g/mol. The maximum atomic E-state index is 5.18. The first-order valence-electron chi connectivity index (χ1n) is 6.28. The van der Waals surface area contributed by atoms with Crippen molar-refractivity contribution < 1.29 is 0 Å². The van der Waals surface area contributed by atoms with Crippen LogP contribution in [0.3, 0.4) is 0 Å². The van der Waals surface area contributed by atoms with Gasteiger partial charge in [-0.05, 0) is 36.8 Å². The Bertz CT molecular complexity index is 581. The van der Waals surface area contributed by atoms with Gasteiger partial charge in [-0.2, -0.15) is 5.10 Å². The predicted octanol–water partition coefficient (Wildman–Crippen LogP) is 2.47. The van der Waals surface area contributed by atoms with Crippen LogP contribution in [0.4, 0.5) is 0 Å². The first-order valence-corrected chi connectivity index (χ1v) is 6.69. The van der Waals surface area contributed by atoms with Gasteiger partial charge in [-0.3, -0.25) is 10.4 Å². The van der Waals surface area contributed by atoms with Gasteiger partial charge in [0.2, 0.25) is 0 Å². The van der Waals surface area contributed by atoms with Crippen LogP contribution in [0.1, 0.15) is 18.1 Å². The van der Waals surface area contributed by atoms with Crippen LogP contribution >= 0.6 is 12.2 Å². The molecule has 0 atom stereocenters. The number of hydrogen-bond acceptors (Lipinski definition) is 3. The van der Waals surface area contributed by atoms with Crippen LogP contribution in [0, 0.1) is 0 Å². The normalized spacial score (nSPS) is 10.9. The largest absolute Gasteiger partial charge is 0.357 e. The van der Waals surface area contributed by atoms with E-state index in [0.29, 0.717) is 11.7 Å². The van der Waals surface area contributed by atoms with E-state index >= 15 is 0 Å². The van der Waals surface area contributed by atoms with E-state index in [1.54, 1.807) is 12.4 Å². The van der Waals surface area contributed by atoms with Gasteiger partial charge in [-0.15, -0.1) is 0 Å². The molecule has 102 valence electrons. The van der Waals surface area contributed by atoms with E-state index in [4.69, 9.17) is 12.2 Å². The van der Waals surface area contributed by atoms with E-state index in [1.807, 2.05) is 49.4 Å². The van der Waals surface area contributed by atoms with Crippen LogP contribution in [0.25, 0.3) is 0 Å². The molecular formula is C15H16N4S. The number of pyridine rings is 1. The Morgan fingerprint density at radius 2 is 1.85 bits per heavy atom. The van der Waals surface area contributed by atoms with Crippen molar-refractivity contribution in [2.75, 3.05) is 0 Å². The van der Waals surface area contributed by atoms with Gasteiger partial charge < -0.3 is 5.32 Å². The highest BCUT2D eigenvalue weighted by molar-refractivity contribution is 7.80. The van der Waals surface area contributed by atoms with Crippen LogP contribution in [-0.2, 0) is 6.54 Å². The van der Waals surface area contributed by atoms with E-state index in [-0.39, 0.29) is 0 Å². The topological polar surface area (TPSA) is 49.3 Å². The van der Waals surface area contributed by atoms with Gasteiger partial charge in [0.1, 0.15) is 0 Å². The molecule has 0 aliphatic heterocycles. The average Bonchev–Trinajstić information content (AvgIpc) is 2.52. The lowest BCUT2D eigenvalue weighted by Crippen LogP contribution is -2.32. The summed E-state index contributed by atoms with van der Waals surface area (Å²) >= 11 is 5.18. The van der Waals surface area contributed by atoms with Crippen molar-refractivity contribution in [3.63, 3.8) is 0 Å². The van der Waals surface area contributed by atoms with E-state index in [1.165, 1.54) is 5.56 Å². The molecule has 0 spiro atoms. The van der Waals surface area contributed by atoms with Gasteiger partial charge in [0.05, 0.1) is 5.71 Å². The van der Waals surface area contributed by atoms with E-state index < -0.39 is 0 Å². The van der Waals surface area contributed by atoms with Crippen molar-refractivity contribution in [3.8, 4) is 0 Å². The Kier molecular flexibility index (Phi) is 5.20. The minimum atomic E-state index is 0.502. The van der Waals surface area contributed by atoms with Gasteiger partial charge in [0.15, 0.2) is 5.11 Å². The molecule has 2 N–H and O–H groups in total. The van der Waals surface area contributed by atoms with E-state index in [9.17, 15) is 0 Å². The summed E-state index contributed by atoms with van der Waals surface area (Å²) < 4.78 is 0. The van der Waals surface area contributed by atoms with Gasteiger partial charge in [0, 0.05) is 24.5 Å². The van der Waals surface area contributed by atoms with Gasteiger partial charge in [0.25, 0.3) is 0 Å². The minimum absolute atomic E-state index is 0.502. The van der Waals surface area contributed by atoms with E-state index in [0.717, 1.165) is 11.3 Å². The molecule has 0 saturated heterocycles. The predicted molar refractivity (Wildman–Crippen MR) is 85.5 cm³/mol. The summed E-state index contributed by atoms with van der Waals surface area (Å²) in [6.45, 7) is 2.60. The summed E-state index contributed by atoms with van der Waals surface area (Å²) in [5, 5.41) is 7.85. The van der Waals surface area contributed by atoms with Crippen molar-refractivity contribution >= 4 is 23.0 Å². The second-order valence-corrected chi connectivity index (χ2v) is 4.62. The number of hydrazone groups is 1. The zero-order valence-corrected chi connectivity index (χ0v) is 12.0. The van der Waals surface area contributed by atoms with Crippen LogP contribution in [0.5, 0.6) is 0 Å². The third kappa shape index (κ3) is 4.44. The Hall–Kier alpha value is -2.27. The summed E-state index contributed by atoms with van der Waals surface area (Å²) in [7, 11) is 0. The molecule has 1 aromatic carbocycles. The summed E-state index contributed by atoms with van der Waals surface area (Å²) in [6, 6.07) is 13.9. The fourth-order valence-corrected chi connectivity index (χ4v) is 1.73. The highest BCUT2D eigenvalue weighted by atomic mass is 32.1. The Morgan fingerprint density at radius 3 is 2.55 bits per heavy atom. The summed E-state index contributed by atoms with van der Waals surface area (Å²) in [5.74, 6) is 0. The van der Waals surface area contributed by atoms with Gasteiger partial charge >= 0.3 is 0 Å². The van der Waals surface area contributed by atoms with E-state index in [2.05, 4.69) is 20.8 Å². The highest BCUT2D eigenvalue weighted by Gasteiger charge is 1.98. The average molecular weight is 284 g/mol. The third-order valence-electron chi connectivity index (χ3n) is 2.72. The molecule has 0 saturated carbocycles. The molecule has 2 rings (SSSR count). The fourth-order valence-electron chi connectivity index (χ4n) is 1.61. The molecule has 0 aliphatic carbocycles. The maximum absolute atomic E-state index is 5.18. The number of benzene rings is 1. The fraction of sp³-hybridized carbons (Fsp3) is 0.133. The van der Waals surface area contributed by atoms with Crippen molar-refractivity contribution in [2.45, 2.75) is 13.5 Å². The van der Waals surface area contributed by atoms with Crippen LogP contribution in [0.2, 0.25) is 0 Å². The molecule has 2 aromatic rings. The van der Waals surface area contributed by atoms with Crippen molar-refractivity contribution in [1.29, 1.82) is 0 Å². The molecule has 0 radical (unpaired) electrons. The molecule has 20 heavy (non-hydrogen) atoms. The number of thiocarbonyl (C=S) groups is 1. The van der Waals surface area contributed by atoms with Crippen LogP contribution in [-0.4, -0.2) is 15.8 Å². The van der Waals surface area contributed by atoms with Crippen LogP contribution < -0.4 is 10.7 Å². The number of nitrogens with one attached hydrogen (secondary N) is 2. The molecular weight excluding hydrogens is 268 g/mol. The van der Waals surface area contributed by atoms with Gasteiger partial charge in [-0.25, -0.2) is 0 Å². The standard InChI is InChI=1S/C15H16N4S/c1-12(14-7-9-16-10-8-14)18-19-15(20)17-11-13-5-3-2-4-6-13/h2-10H,11H2,1H3,(H2,17,19,20)/b18-12+. The molecule has 0 amide bonds. The second kappa shape index (κ2) is 7.35. The molecule has 0 bridgehead atoms. The minimum Gasteiger partial charge on any atom is -0.357 e. The molecule has 0 aliphatic rings. The molecule has 4 nitrogen and oxygen atoms in total. The van der Waals surface area contributed by atoms with Gasteiger partial charge in [-0.1, -0.05) is 30.3 Å². The molecule has 1 heterocycles. The second-order valence-electron chi connectivity index (χ2n) is 4.21. The molecule has 1 aromatic heterocycles. The maximum Gasteiger partial charge on any atom is 0.187 e. The number of hydrogen-bond donors (Lipinski definition) is 2. The molecule has 0 fully saturated rings. The summed E-state index contributed by atoms with van der Waals surface area (Å²) in [5.41, 5.74) is 5.88. The molecule has 5 heteroatoms. The van der Waals surface area contributed by atoms with Crippen molar-refractivity contribution in [3.05, 3.63) is 66.0 Å². The lowest BCUT2D eigenvalue weighted by atomic mass is 10.2. The number of aromatic nitrogens is 1. The first kappa shape index (κ1) is 14.1. The summed E-state index contributed by atoms with van der Waals surface area (Å²) in [4.78, 5) is 3.97. The number of rotatable bonds is 4. The zero-order chi connectivity index (χ0) is 14.2. The Labute approximate surface area is 123 Å². The molecule has 0 unspecified atom stereocenters. The highest BCUT2D eigenvalue weighted by Crippen LogP contribution is 1.98. The smallest absolute Gasteiger partial charge is 0.187 e. The number of nitrogens with zero attached hydrogens (tertiary/aromatic N) is 2. The Morgan fingerprint density at radius 1 is 1.15 bits per heavy atom. The lowest BCUT2D eigenvalue weighted by Gasteiger charge is -2.08. The quantitative estimate of drug-likeness (QED) is 0.514. The SMILES string of the molecule is C/C(=N\NC(=S)NCc1ccccc1)c1ccncc1. The zero-order valence-electron chi connectivity index (χ0n) is 11.2. The Balaban J connectivity index is 1.83. The lowest BCUT2D eigenvalue weighted by molar-refractivity contribution is 0.866. The van der Waals surface area contributed by atoms with Crippen LogP contribution in [0.15, 0.2) is 60.0 Å².